The minimum Gasteiger partial charge on any atom is -0.496 e. The molecule has 3 nitrogen and oxygen atoms in total. The fraction of sp³-hybridized carbons (Fsp3) is 0.571. The third kappa shape index (κ3) is 3.20. The van der Waals surface area contributed by atoms with E-state index in [-0.39, 0.29) is 6.04 Å². The van der Waals surface area contributed by atoms with Crippen molar-refractivity contribution in [1.29, 1.82) is 0 Å². The van der Waals surface area contributed by atoms with Crippen molar-refractivity contribution in [2.24, 2.45) is 17.4 Å². The highest BCUT2D eigenvalue weighted by Crippen LogP contribution is 2.31. The fourth-order valence-electron chi connectivity index (χ4n) is 2.00. The van der Waals surface area contributed by atoms with Gasteiger partial charge in [-0.25, -0.2) is 0 Å². The molecule has 0 bridgehead atoms. The predicted molar refractivity (Wildman–Crippen MR) is 72.2 cm³/mol. The van der Waals surface area contributed by atoms with Crippen LogP contribution < -0.4 is 16.2 Å². The predicted octanol–water partition coefficient (Wildman–Crippen LogP) is 2.30. The summed E-state index contributed by atoms with van der Waals surface area (Å²) >= 11 is 0. The first-order valence-corrected chi connectivity index (χ1v) is 6.12. The van der Waals surface area contributed by atoms with Crippen molar-refractivity contribution in [1.82, 2.24) is 0 Å². The van der Waals surface area contributed by atoms with E-state index in [4.69, 9.17) is 16.2 Å². The van der Waals surface area contributed by atoms with Crippen molar-refractivity contribution in [2.45, 2.75) is 33.2 Å². The van der Waals surface area contributed by atoms with Crippen molar-refractivity contribution in [3.8, 4) is 5.75 Å². The molecule has 4 N–H and O–H groups in total. The maximum Gasteiger partial charge on any atom is 0.123 e. The Morgan fingerprint density at radius 2 is 1.82 bits per heavy atom. The minimum absolute atomic E-state index is 0.0206. The number of aryl methyl sites for hydroxylation is 2. The van der Waals surface area contributed by atoms with Crippen LogP contribution in [0.1, 0.15) is 36.1 Å². The summed E-state index contributed by atoms with van der Waals surface area (Å²) in [5.74, 6) is 1.24. The average Bonchev–Trinajstić information content (AvgIpc) is 2.31. The van der Waals surface area contributed by atoms with Crippen molar-refractivity contribution >= 4 is 0 Å². The van der Waals surface area contributed by atoms with Crippen molar-refractivity contribution in [3.63, 3.8) is 0 Å². The van der Waals surface area contributed by atoms with Gasteiger partial charge in [-0.15, -0.1) is 0 Å². The molecule has 0 heterocycles. The Kier molecular flexibility index (Phi) is 4.97. The van der Waals surface area contributed by atoms with E-state index in [1.807, 2.05) is 0 Å². The van der Waals surface area contributed by atoms with Crippen LogP contribution in [0, 0.1) is 19.8 Å². The molecule has 0 saturated heterocycles. The highest BCUT2D eigenvalue weighted by Gasteiger charge is 2.19. The van der Waals surface area contributed by atoms with Crippen molar-refractivity contribution < 1.29 is 4.74 Å². The van der Waals surface area contributed by atoms with Crippen LogP contribution in [0.15, 0.2) is 12.1 Å². The number of nitrogens with two attached hydrogens (primary N) is 2. The molecule has 0 spiro atoms. The molecule has 0 amide bonds. The van der Waals surface area contributed by atoms with Gasteiger partial charge < -0.3 is 16.2 Å². The molecule has 17 heavy (non-hydrogen) atoms. The lowest BCUT2D eigenvalue weighted by Crippen LogP contribution is -2.22. The molecule has 0 saturated carbocycles. The summed E-state index contributed by atoms with van der Waals surface area (Å²) in [5.41, 5.74) is 15.4. The molecule has 2 unspecified atom stereocenters. The zero-order valence-corrected chi connectivity index (χ0v) is 11.3. The maximum atomic E-state index is 6.28. The van der Waals surface area contributed by atoms with Gasteiger partial charge in [0.05, 0.1) is 7.11 Å². The smallest absolute Gasteiger partial charge is 0.123 e. The van der Waals surface area contributed by atoms with Gasteiger partial charge in [0.1, 0.15) is 5.75 Å². The Labute approximate surface area is 104 Å². The van der Waals surface area contributed by atoms with E-state index >= 15 is 0 Å². The quantitative estimate of drug-likeness (QED) is 0.824. The van der Waals surface area contributed by atoms with Crippen molar-refractivity contribution in [3.05, 3.63) is 28.8 Å². The van der Waals surface area contributed by atoms with Crippen LogP contribution in [0.3, 0.4) is 0 Å². The summed E-state index contributed by atoms with van der Waals surface area (Å²) in [6, 6.07) is 4.17. The van der Waals surface area contributed by atoms with Crippen LogP contribution in [0.2, 0.25) is 0 Å². The number of hydrogen-bond donors (Lipinski definition) is 2. The zero-order chi connectivity index (χ0) is 13.0. The van der Waals surface area contributed by atoms with Crippen molar-refractivity contribution in [2.75, 3.05) is 13.7 Å². The molecule has 0 fully saturated rings. The van der Waals surface area contributed by atoms with Gasteiger partial charge in [-0.2, -0.15) is 0 Å². The molecule has 1 rings (SSSR count). The van der Waals surface area contributed by atoms with E-state index in [2.05, 4.69) is 32.9 Å². The summed E-state index contributed by atoms with van der Waals surface area (Å²) in [6.07, 6.45) is 0.928. The number of benzene rings is 1. The monoisotopic (exact) mass is 236 g/mol. The Balaban J connectivity index is 3.07. The number of rotatable bonds is 5. The second kappa shape index (κ2) is 6.03. The zero-order valence-electron chi connectivity index (χ0n) is 11.3. The minimum atomic E-state index is -0.0206. The molecule has 2 atom stereocenters. The summed E-state index contributed by atoms with van der Waals surface area (Å²) < 4.78 is 5.42. The SMILES string of the molecule is COc1cc(C)c(C)cc1C(N)C(C)CCN. The van der Waals surface area contributed by atoms with E-state index in [1.54, 1.807) is 7.11 Å². The molecule has 1 aromatic carbocycles. The summed E-state index contributed by atoms with van der Waals surface area (Å²) in [5, 5.41) is 0. The highest BCUT2D eigenvalue weighted by atomic mass is 16.5. The standard InChI is InChI=1S/C14H24N2O/c1-9(5-6-15)14(16)12-7-10(2)11(3)8-13(12)17-4/h7-9,14H,5-6,15-16H2,1-4H3. The number of methoxy groups -OCH3 is 1. The Morgan fingerprint density at radius 3 is 2.35 bits per heavy atom. The molecular formula is C14H24N2O. The van der Waals surface area contributed by atoms with E-state index in [1.165, 1.54) is 11.1 Å². The van der Waals surface area contributed by atoms with E-state index in [0.29, 0.717) is 12.5 Å². The normalized spacial score (nSPS) is 14.5. The lowest BCUT2D eigenvalue weighted by Gasteiger charge is -2.23. The van der Waals surface area contributed by atoms with Crippen LogP contribution in [0.5, 0.6) is 5.75 Å². The van der Waals surface area contributed by atoms with Gasteiger partial charge in [0.2, 0.25) is 0 Å². The van der Waals surface area contributed by atoms with E-state index < -0.39 is 0 Å². The van der Waals surface area contributed by atoms with Gasteiger partial charge in [0.15, 0.2) is 0 Å². The molecule has 0 aliphatic carbocycles. The van der Waals surface area contributed by atoms with Crippen LogP contribution >= 0.6 is 0 Å². The summed E-state index contributed by atoms with van der Waals surface area (Å²) in [4.78, 5) is 0. The first-order valence-electron chi connectivity index (χ1n) is 6.12. The third-order valence-corrected chi connectivity index (χ3v) is 3.44. The molecule has 96 valence electrons. The van der Waals surface area contributed by atoms with E-state index in [9.17, 15) is 0 Å². The Hall–Kier alpha value is -1.06. The summed E-state index contributed by atoms with van der Waals surface area (Å²) in [6.45, 7) is 6.98. The topological polar surface area (TPSA) is 61.3 Å². The molecule has 0 aliphatic rings. The number of ether oxygens (including phenoxy) is 1. The van der Waals surface area contributed by atoms with Crippen LogP contribution in [-0.4, -0.2) is 13.7 Å². The fourth-order valence-corrected chi connectivity index (χ4v) is 2.00. The molecule has 0 aromatic heterocycles. The van der Waals surface area contributed by atoms with Crippen LogP contribution in [0.25, 0.3) is 0 Å². The molecule has 0 aliphatic heterocycles. The Morgan fingerprint density at radius 1 is 1.24 bits per heavy atom. The second-order valence-electron chi connectivity index (χ2n) is 4.76. The molecule has 3 heteroatoms. The molecule has 1 aromatic rings. The van der Waals surface area contributed by atoms with Crippen LogP contribution in [-0.2, 0) is 0 Å². The first-order chi connectivity index (χ1) is 8.01. The molecule has 0 radical (unpaired) electrons. The molecular weight excluding hydrogens is 212 g/mol. The first kappa shape index (κ1) is 14.0. The van der Waals surface area contributed by atoms with Gasteiger partial charge in [0.25, 0.3) is 0 Å². The summed E-state index contributed by atoms with van der Waals surface area (Å²) in [7, 11) is 1.69. The van der Waals surface area contributed by atoms with Gasteiger partial charge >= 0.3 is 0 Å². The van der Waals surface area contributed by atoms with Gasteiger partial charge in [-0.1, -0.05) is 13.0 Å². The number of hydrogen-bond acceptors (Lipinski definition) is 3. The lowest BCUT2D eigenvalue weighted by molar-refractivity contribution is 0.385. The van der Waals surface area contributed by atoms with E-state index in [0.717, 1.165) is 17.7 Å². The Bertz CT molecular complexity index is 377. The van der Waals surface area contributed by atoms with Gasteiger partial charge in [-0.3, -0.25) is 0 Å². The lowest BCUT2D eigenvalue weighted by atomic mass is 9.90. The largest absolute Gasteiger partial charge is 0.496 e. The van der Waals surface area contributed by atoms with Gasteiger partial charge in [-0.05, 0) is 49.9 Å². The average molecular weight is 236 g/mol. The third-order valence-electron chi connectivity index (χ3n) is 3.44. The second-order valence-corrected chi connectivity index (χ2v) is 4.76. The van der Waals surface area contributed by atoms with Crippen LogP contribution in [0.4, 0.5) is 0 Å². The highest BCUT2D eigenvalue weighted by molar-refractivity contribution is 5.43. The van der Waals surface area contributed by atoms with Gasteiger partial charge in [0, 0.05) is 11.6 Å². The maximum absolute atomic E-state index is 6.28.